The molecule has 0 aliphatic heterocycles. The highest BCUT2D eigenvalue weighted by molar-refractivity contribution is 6.37. The summed E-state index contributed by atoms with van der Waals surface area (Å²) < 4.78 is 0. The zero-order valence-electron chi connectivity index (χ0n) is 17.6. The highest BCUT2D eigenvalue weighted by Crippen LogP contribution is 2.08. The maximum Gasteiger partial charge on any atom is 0.287 e. The van der Waals surface area contributed by atoms with Gasteiger partial charge in [0.25, 0.3) is 5.91 Å². The van der Waals surface area contributed by atoms with Crippen LogP contribution in [0.5, 0.6) is 0 Å². The quantitative estimate of drug-likeness (QED) is 0.151. The van der Waals surface area contributed by atoms with Crippen LogP contribution >= 0.6 is 0 Å². The lowest BCUT2D eigenvalue weighted by atomic mass is 10.0. The van der Waals surface area contributed by atoms with Gasteiger partial charge in [0, 0.05) is 25.5 Å². The molecule has 0 spiro atoms. The number of nitrogens with zero attached hydrogens (tertiary/aromatic N) is 1. The fourth-order valence-electron chi connectivity index (χ4n) is 2.72. The van der Waals surface area contributed by atoms with Gasteiger partial charge >= 0.3 is 0 Å². The molecule has 0 aromatic heterocycles. The number of nitrogens with two attached hydrogens (primary N) is 2. The molecule has 0 aliphatic carbocycles. The van der Waals surface area contributed by atoms with Gasteiger partial charge in [-0.1, -0.05) is 31.2 Å². The van der Waals surface area contributed by atoms with E-state index in [0.29, 0.717) is 17.5 Å². The molecule has 11 heteroatoms. The first kappa shape index (κ1) is 25.3. The van der Waals surface area contributed by atoms with Gasteiger partial charge in [0.15, 0.2) is 0 Å². The number of amidine groups is 1. The average Bonchev–Trinajstić information content (AvgIpc) is 2.70. The molecule has 0 fully saturated rings. The van der Waals surface area contributed by atoms with Gasteiger partial charge in [-0.3, -0.25) is 29.4 Å². The normalized spacial score (nSPS) is 11.2. The number of rotatable bonds is 12. The standard InChI is InChI=1S/C20H28N6O5/c1-3-8-26(17(29)10-24-12(2)27)11-16(28)25-15(18(30)20(23)31)9-13-4-6-14(7-5-13)19(21)22/h4-7,15H,3,8-11H2,1-2H3,(H3,21,22)(H2,23,31)(H,24,27)(H,25,28). The average molecular weight is 432 g/mol. The van der Waals surface area contributed by atoms with Gasteiger partial charge in [0.1, 0.15) is 11.9 Å². The number of nitrogen functional groups attached to an aromatic ring is 1. The van der Waals surface area contributed by atoms with Crippen LogP contribution in [-0.2, 0) is 30.4 Å². The minimum atomic E-state index is -1.22. The Kier molecular flexibility index (Phi) is 9.83. The first-order valence-electron chi connectivity index (χ1n) is 9.63. The lowest BCUT2D eigenvalue weighted by Gasteiger charge is -2.23. The first-order valence-corrected chi connectivity index (χ1v) is 9.63. The summed E-state index contributed by atoms with van der Waals surface area (Å²) in [4.78, 5) is 60.6. The fourth-order valence-corrected chi connectivity index (χ4v) is 2.72. The number of primary amides is 1. The van der Waals surface area contributed by atoms with Crippen molar-refractivity contribution in [3.63, 3.8) is 0 Å². The van der Waals surface area contributed by atoms with E-state index in [-0.39, 0.29) is 37.8 Å². The second-order valence-electron chi connectivity index (χ2n) is 6.89. The summed E-state index contributed by atoms with van der Waals surface area (Å²) >= 11 is 0. The second kappa shape index (κ2) is 12.1. The number of carbonyl (C=O) groups excluding carboxylic acids is 5. The molecule has 31 heavy (non-hydrogen) atoms. The fraction of sp³-hybridized carbons (Fsp3) is 0.400. The smallest absolute Gasteiger partial charge is 0.287 e. The van der Waals surface area contributed by atoms with E-state index in [1.807, 2.05) is 6.92 Å². The predicted octanol–water partition coefficient (Wildman–Crippen LogP) is -1.57. The maximum absolute atomic E-state index is 12.5. The van der Waals surface area contributed by atoms with Crippen LogP contribution in [0, 0.1) is 5.41 Å². The highest BCUT2D eigenvalue weighted by Gasteiger charge is 2.26. The molecule has 1 rings (SSSR count). The molecule has 11 nitrogen and oxygen atoms in total. The number of benzene rings is 1. The Morgan fingerprint density at radius 3 is 2.19 bits per heavy atom. The van der Waals surface area contributed by atoms with Crippen molar-refractivity contribution >= 4 is 35.2 Å². The highest BCUT2D eigenvalue weighted by atomic mass is 16.2. The van der Waals surface area contributed by atoms with E-state index >= 15 is 0 Å². The molecule has 4 amide bonds. The van der Waals surface area contributed by atoms with Crippen LogP contribution in [0.15, 0.2) is 24.3 Å². The lowest BCUT2D eigenvalue weighted by molar-refractivity contribution is -0.139. The van der Waals surface area contributed by atoms with E-state index in [1.54, 1.807) is 24.3 Å². The number of amides is 4. The third-order valence-electron chi connectivity index (χ3n) is 4.27. The maximum atomic E-state index is 12.5. The zero-order chi connectivity index (χ0) is 23.6. The molecule has 0 bridgehead atoms. The Bertz CT molecular complexity index is 852. The Morgan fingerprint density at radius 2 is 1.71 bits per heavy atom. The van der Waals surface area contributed by atoms with E-state index < -0.39 is 29.5 Å². The van der Waals surface area contributed by atoms with E-state index in [2.05, 4.69) is 10.6 Å². The van der Waals surface area contributed by atoms with Gasteiger partial charge in [-0.05, 0) is 12.0 Å². The number of nitrogens with one attached hydrogen (secondary N) is 3. The number of Topliss-reactive ketones (excluding diaryl/α,β-unsaturated/α-hetero) is 1. The van der Waals surface area contributed by atoms with Crippen LogP contribution in [0.25, 0.3) is 0 Å². The van der Waals surface area contributed by atoms with Crippen LogP contribution in [0.4, 0.5) is 0 Å². The van der Waals surface area contributed by atoms with Crippen molar-refractivity contribution in [1.29, 1.82) is 5.41 Å². The molecule has 0 saturated heterocycles. The van der Waals surface area contributed by atoms with Gasteiger partial charge in [-0.25, -0.2) is 0 Å². The minimum Gasteiger partial charge on any atom is -0.384 e. The van der Waals surface area contributed by atoms with Crippen LogP contribution in [-0.4, -0.2) is 65.8 Å². The summed E-state index contributed by atoms with van der Waals surface area (Å²) in [7, 11) is 0. The molecular weight excluding hydrogens is 404 g/mol. The van der Waals surface area contributed by atoms with Crippen molar-refractivity contribution in [2.75, 3.05) is 19.6 Å². The van der Waals surface area contributed by atoms with Gasteiger partial charge in [-0.15, -0.1) is 0 Å². The molecule has 0 aliphatic rings. The van der Waals surface area contributed by atoms with Crippen molar-refractivity contribution in [1.82, 2.24) is 15.5 Å². The summed E-state index contributed by atoms with van der Waals surface area (Å²) in [5.41, 5.74) is 11.6. The van der Waals surface area contributed by atoms with E-state index in [1.165, 1.54) is 11.8 Å². The molecule has 0 radical (unpaired) electrons. The number of ketones is 1. The monoisotopic (exact) mass is 432 g/mol. The Hall–Kier alpha value is -3.76. The molecule has 7 N–H and O–H groups in total. The van der Waals surface area contributed by atoms with E-state index in [4.69, 9.17) is 16.9 Å². The number of hydrogen-bond donors (Lipinski definition) is 5. The zero-order valence-corrected chi connectivity index (χ0v) is 17.6. The largest absolute Gasteiger partial charge is 0.384 e. The molecule has 1 aromatic carbocycles. The van der Waals surface area contributed by atoms with E-state index in [9.17, 15) is 24.0 Å². The summed E-state index contributed by atoms with van der Waals surface area (Å²) in [5, 5.41) is 12.2. The summed E-state index contributed by atoms with van der Waals surface area (Å²) in [6.07, 6.45) is 0.560. The van der Waals surface area contributed by atoms with Gasteiger partial charge in [0.2, 0.25) is 23.5 Å². The third kappa shape index (κ3) is 8.64. The van der Waals surface area contributed by atoms with Crippen molar-refractivity contribution in [3.05, 3.63) is 35.4 Å². The minimum absolute atomic E-state index is 0.0146. The Labute approximate surface area is 180 Å². The molecule has 168 valence electrons. The molecule has 1 aromatic rings. The van der Waals surface area contributed by atoms with E-state index in [0.717, 1.165) is 0 Å². The SMILES string of the molecule is CCCN(CC(=O)NC(Cc1ccc(C(=N)N)cc1)C(=O)C(N)=O)C(=O)CNC(C)=O. The first-order chi connectivity index (χ1) is 14.5. The molecule has 0 saturated carbocycles. The predicted molar refractivity (Wildman–Crippen MR) is 113 cm³/mol. The van der Waals surface area contributed by atoms with Gasteiger partial charge in [-0.2, -0.15) is 0 Å². The second-order valence-corrected chi connectivity index (χ2v) is 6.89. The Morgan fingerprint density at radius 1 is 1.10 bits per heavy atom. The number of carbonyl (C=O) groups is 5. The molecule has 1 atom stereocenters. The summed E-state index contributed by atoms with van der Waals surface area (Å²) in [6, 6.07) is 5.17. The molecule has 0 heterocycles. The topological polar surface area (TPSA) is 189 Å². The molecule has 1 unspecified atom stereocenters. The van der Waals surface area contributed by atoms with Crippen molar-refractivity contribution in [3.8, 4) is 0 Å². The van der Waals surface area contributed by atoms with Crippen LogP contribution in [0.1, 0.15) is 31.4 Å². The molecular formula is C20H28N6O5. The number of hydrogen-bond acceptors (Lipinski definition) is 6. The van der Waals surface area contributed by atoms with Crippen LogP contribution in [0.3, 0.4) is 0 Å². The van der Waals surface area contributed by atoms with Crippen molar-refractivity contribution < 1.29 is 24.0 Å². The van der Waals surface area contributed by atoms with Crippen molar-refractivity contribution in [2.24, 2.45) is 11.5 Å². The lowest BCUT2D eigenvalue weighted by Crippen LogP contribution is -2.51. The summed E-state index contributed by atoms with van der Waals surface area (Å²) in [5.74, 6) is -3.77. The van der Waals surface area contributed by atoms with Crippen LogP contribution < -0.4 is 22.1 Å². The Balaban J connectivity index is 2.89. The third-order valence-corrected chi connectivity index (χ3v) is 4.27. The van der Waals surface area contributed by atoms with Crippen LogP contribution in [0.2, 0.25) is 0 Å². The van der Waals surface area contributed by atoms with Crippen molar-refractivity contribution in [2.45, 2.75) is 32.7 Å². The summed E-state index contributed by atoms with van der Waals surface area (Å²) in [6.45, 7) is 2.76. The van der Waals surface area contributed by atoms with Gasteiger partial charge in [0.05, 0.1) is 13.1 Å². The van der Waals surface area contributed by atoms with Gasteiger partial charge < -0.3 is 27.0 Å².